The molecule has 0 aliphatic carbocycles. The van der Waals surface area contributed by atoms with Crippen LogP contribution in [0.5, 0.6) is 11.5 Å². The lowest BCUT2D eigenvalue weighted by Gasteiger charge is -2.34. The molecule has 0 radical (unpaired) electrons. The van der Waals surface area contributed by atoms with Crippen molar-refractivity contribution in [3.63, 3.8) is 0 Å². The zero-order valence-corrected chi connectivity index (χ0v) is 20.9. The monoisotopic (exact) mass is 470 g/mol. The molecular formula is C30H34N2O3. The average molecular weight is 471 g/mol. The number of hydrogen-bond acceptors (Lipinski definition) is 4. The van der Waals surface area contributed by atoms with Gasteiger partial charge >= 0.3 is 0 Å². The first-order chi connectivity index (χ1) is 17.0. The van der Waals surface area contributed by atoms with Crippen LogP contribution in [0.4, 0.5) is 0 Å². The van der Waals surface area contributed by atoms with E-state index in [4.69, 9.17) is 9.47 Å². The van der Waals surface area contributed by atoms with Crippen molar-refractivity contribution in [2.24, 2.45) is 0 Å². The lowest BCUT2D eigenvalue weighted by molar-refractivity contribution is -0.127. The van der Waals surface area contributed by atoms with Crippen LogP contribution in [-0.4, -0.2) is 49.0 Å². The van der Waals surface area contributed by atoms with Gasteiger partial charge in [-0.05, 0) is 55.3 Å². The molecule has 5 nitrogen and oxygen atoms in total. The summed E-state index contributed by atoms with van der Waals surface area (Å²) in [7, 11) is 1.65. The largest absolute Gasteiger partial charge is 0.496 e. The Labute approximate surface area is 208 Å². The highest BCUT2D eigenvalue weighted by Gasteiger charge is 2.19. The first-order valence-electron chi connectivity index (χ1n) is 12.1. The molecule has 0 N–H and O–H groups in total. The highest BCUT2D eigenvalue weighted by Crippen LogP contribution is 2.23. The van der Waals surface area contributed by atoms with Crippen molar-refractivity contribution in [2.75, 3.05) is 33.3 Å². The van der Waals surface area contributed by atoms with Gasteiger partial charge in [0.05, 0.1) is 7.11 Å². The Hall–Kier alpha value is -3.57. The third-order valence-electron chi connectivity index (χ3n) is 6.35. The van der Waals surface area contributed by atoms with Crippen molar-refractivity contribution < 1.29 is 14.3 Å². The van der Waals surface area contributed by atoms with Crippen LogP contribution in [0.3, 0.4) is 0 Å². The minimum Gasteiger partial charge on any atom is -0.496 e. The molecule has 0 saturated carbocycles. The van der Waals surface area contributed by atoms with E-state index in [1.54, 1.807) is 13.2 Å². The summed E-state index contributed by atoms with van der Waals surface area (Å²) in [4.78, 5) is 17.1. The number of nitrogens with zero attached hydrogens (tertiary/aromatic N) is 2. The molecule has 4 rings (SSSR count). The van der Waals surface area contributed by atoms with E-state index in [0.29, 0.717) is 6.61 Å². The maximum atomic E-state index is 12.8. The highest BCUT2D eigenvalue weighted by molar-refractivity contribution is 5.91. The molecule has 0 atom stereocenters. The normalized spacial score (nSPS) is 14.3. The summed E-state index contributed by atoms with van der Waals surface area (Å²) < 4.78 is 11.4. The Kier molecular flexibility index (Phi) is 8.22. The number of carbonyl (C=O) groups is 1. The fourth-order valence-corrected chi connectivity index (χ4v) is 4.16. The molecule has 3 aromatic carbocycles. The van der Waals surface area contributed by atoms with Crippen molar-refractivity contribution in [1.29, 1.82) is 0 Å². The quantitative estimate of drug-likeness (QED) is 0.422. The Morgan fingerprint density at radius 3 is 2.20 bits per heavy atom. The van der Waals surface area contributed by atoms with Crippen molar-refractivity contribution in [3.05, 3.63) is 101 Å². The summed E-state index contributed by atoms with van der Waals surface area (Å²) in [5.41, 5.74) is 5.67. The predicted molar refractivity (Wildman–Crippen MR) is 141 cm³/mol. The summed E-state index contributed by atoms with van der Waals surface area (Å²) in [5, 5.41) is 0. The fraction of sp³-hybridized carbons (Fsp3) is 0.300. The molecule has 0 bridgehead atoms. The van der Waals surface area contributed by atoms with Gasteiger partial charge < -0.3 is 14.4 Å². The molecule has 1 fully saturated rings. The molecule has 0 spiro atoms. The smallest absolute Gasteiger partial charge is 0.246 e. The Morgan fingerprint density at radius 1 is 0.886 bits per heavy atom. The number of carbonyl (C=O) groups excluding carboxylic acids is 1. The van der Waals surface area contributed by atoms with Crippen LogP contribution in [0.25, 0.3) is 6.08 Å². The van der Waals surface area contributed by atoms with Gasteiger partial charge in [-0.15, -0.1) is 0 Å². The van der Waals surface area contributed by atoms with E-state index in [0.717, 1.165) is 55.3 Å². The van der Waals surface area contributed by atoms with Gasteiger partial charge in [0.1, 0.15) is 18.1 Å². The topological polar surface area (TPSA) is 42.0 Å². The minimum atomic E-state index is 0.0493. The van der Waals surface area contributed by atoms with Crippen LogP contribution < -0.4 is 9.47 Å². The molecular weight excluding hydrogens is 436 g/mol. The molecule has 0 unspecified atom stereocenters. The molecule has 1 aliphatic heterocycles. The van der Waals surface area contributed by atoms with Gasteiger partial charge in [0, 0.05) is 44.4 Å². The van der Waals surface area contributed by atoms with Gasteiger partial charge in [0.15, 0.2) is 0 Å². The van der Waals surface area contributed by atoms with Gasteiger partial charge in [-0.3, -0.25) is 9.69 Å². The highest BCUT2D eigenvalue weighted by atomic mass is 16.5. The molecule has 1 saturated heterocycles. The third-order valence-corrected chi connectivity index (χ3v) is 6.35. The van der Waals surface area contributed by atoms with Gasteiger partial charge in [-0.2, -0.15) is 0 Å². The Bertz CT molecular complexity index is 1150. The summed E-state index contributed by atoms with van der Waals surface area (Å²) in [5.74, 6) is 1.63. The van der Waals surface area contributed by atoms with E-state index in [1.165, 1.54) is 16.7 Å². The van der Waals surface area contributed by atoms with E-state index in [2.05, 4.69) is 43.0 Å². The molecule has 0 aromatic heterocycles. The maximum absolute atomic E-state index is 12.8. The number of hydrogen-bond donors (Lipinski definition) is 0. The van der Waals surface area contributed by atoms with Crippen LogP contribution in [-0.2, 0) is 17.9 Å². The molecule has 1 aliphatic rings. The van der Waals surface area contributed by atoms with Crippen LogP contribution in [0.2, 0.25) is 0 Å². The number of rotatable bonds is 8. The SMILES string of the molecule is COc1ccc(/C=C/C(=O)N2CCN(Cc3ccc(C)cc3)CC2)cc1COc1ccc(C)cc1. The first-order valence-corrected chi connectivity index (χ1v) is 12.1. The van der Waals surface area contributed by atoms with Gasteiger partial charge in [-0.25, -0.2) is 0 Å². The predicted octanol–water partition coefficient (Wildman–Crippen LogP) is 5.25. The summed E-state index contributed by atoms with van der Waals surface area (Å²) in [6.45, 7) is 8.73. The van der Waals surface area contributed by atoms with Gasteiger partial charge in [0.25, 0.3) is 0 Å². The number of ether oxygens (including phenoxy) is 2. The van der Waals surface area contributed by atoms with Crippen molar-refractivity contribution in [3.8, 4) is 11.5 Å². The van der Waals surface area contributed by atoms with E-state index < -0.39 is 0 Å². The average Bonchev–Trinajstić information content (AvgIpc) is 2.89. The lowest BCUT2D eigenvalue weighted by atomic mass is 10.1. The first kappa shape index (κ1) is 24.6. The van der Waals surface area contributed by atoms with Crippen LogP contribution in [0.1, 0.15) is 27.8 Å². The van der Waals surface area contributed by atoms with Crippen LogP contribution >= 0.6 is 0 Å². The van der Waals surface area contributed by atoms with Crippen LogP contribution in [0, 0.1) is 13.8 Å². The summed E-state index contributed by atoms with van der Waals surface area (Å²) in [6, 6.07) is 22.5. The number of benzene rings is 3. The summed E-state index contributed by atoms with van der Waals surface area (Å²) >= 11 is 0. The standard InChI is InChI=1S/C30H34N2O3/c1-23-4-8-26(9-5-23)21-31-16-18-32(19-17-31)30(33)15-11-25-10-14-29(34-3)27(20-25)22-35-28-12-6-24(2)7-13-28/h4-15,20H,16-19,21-22H2,1-3H3/b15-11+. The van der Waals surface area contributed by atoms with E-state index >= 15 is 0 Å². The minimum absolute atomic E-state index is 0.0493. The molecule has 182 valence electrons. The molecule has 5 heteroatoms. The zero-order chi connectivity index (χ0) is 24.6. The van der Waals surface area contributed by atoms with Crippen LogP contribution in [0.15, 0.2) is 72.8 Å². The summed E-state index contributed by atoms with van der Waals surface area (Å²) in [6.07, 6.45) is 3.54. The number of amides is 1. The van der Waals surface area contributed by atoms with Gasteiger partial charge in [-0.1, -0.05) is 53.6 Å². The second-order valence-electron chi connectivity index (χ2n) is 9.09. The van der Waals surface area contributed by atoms with Crippen molar-refractivity contribution in [2.45, 2.75) is 27.0 Å². The Balaban J connectivity index is 1.31. The second kappa shape index (κ2) is 11.7. The Morgan fingerprint density at radius 2 is 1.54 bits per heavy atom. The fourth-order valence-electron chi connectivity index (χ4n) is 4.16. The number of methoxy groups -OCH3 is 1. The van der Waals surface area contributed by atoms with E-state index in [9.17, 15) is 4.79 Å². The lowest BCUT2D eigenvalue weighted by Crippen LogP contribution is -2.47. The molecule has 1 amide bonds. The molecule has 3 aromatic rings. The van der Waals surface area contributed by atoms with E-state index in [-0.39, 0.29) is 5.91 Å². The van der Waals surface area contributed by atoms with E-state index in [1.807, 2.05) is 53.4 Å². The number of aryl methyl sites for hydroxylation is 2. The zero-order valence-electron chi connectivity index (χ0n) is 20.9. The third kappa shape index (κ3) is 6.96. The van der Waals surface area contributed by atoms with Crippen molar-refractivity contribution in [1.82, 2.24) is 9.80 Å². The molecule has 35 heavy (non-hydrogen) atoms. The maximum Gasteiger partial charge on any atom is 0.246 e. The van der Waals surface area contributed by atoms with Gasteiger partial charge in [0.2, 0.25) is 5.91 Å². The number of piperazine rings is 1. The second-order valence-corrected chi connectivity index (χ2v) is 9.09. The molecule has 1 heterocycles. The van der Waals surface area contributed by atoms with Crippen molar-refractivity contribution >= 4 is 12.0 Å².